The summed E-state index contributed by atoms with van der Waals surface area (Å²) in [6.07, 6.45) is -6.13. The van der Waals surface area contributed by atoms with Crippen LogP contribution in [0.5, 0.6) is 0 Å². The zero-order valence-corrected chi connectivity index (χ0v) is 19.3. The first-order valence-corrected chi connectivity index (χ1v) is 10.3. The zero-order chi connectivity index (χ0) is 24.2. The van der Waals surface area contributed by atoms with Crippen LogP contribution in [0.4, 0.5) is 13.2 Å². The number of aliphatic carboxylic acids is 1. The molecule has 1 aromatic carbocycles. The number of carboxylic acid groups (broad SMARTS) is 1. The van der Waals surface area contributed by atoms with E-state index in [9.17, 15) is 23.1 Å². The van der Waals surface area contributed by atoms with Crippen LogP contribution in [0.2, 0.25) is 5.02 Å². The van der Waals surface area contributed by atoms with Gasteiger partial charge in [-0.25, -0.2) is 14.3 Å². The molecule has 3 aromatic rings. The van der Waals surface area contributed by atoms with Gasteiger partial charge >= 0.3 is 12.3 Å². The highest BCUT2D eigenvalue weighted by molar-refractivity contribution is 6.30. The van der Waals surface area contributed by atoms with Gasteiger partial charge in [-0.15, -0.1) is 13.2 Å². The lowest BCUT2D eigenvalue weighted by Gasteiger charge is -2.28. The Kier molecular flexibility index (Phi) is 6.08. The summed E-state index contributed by atoms with van der Waals surface area (Å²) in [6.45, 7) is 9.56. The van der Waals surface area contributed by atoms with Gasteiger partial charge in [0.1, 0.15) is 5.65 Å². The van der Waals surface area contributed by atoms with Crippen molar-refractivity contribution in [3.05, 3.63) is 51.8 Å². The van der Waals surface area contributed by atoms with Crippen LogP contribution in [0.3, 0.4) is 0 Å². The van der Waals surface area contributed by atoms with Crippen molar-refractivity contribution in [3.63, 3.8) is 0 Å². The number of aromatic nitrogens is 2. The molecule has 0 aliphatic carbocycles. The maximum absolute atomic E-state index is 13.9. The van der Waals surface area contributed by atoms with Crippen molar-refractivity contribution in [3.8, 4) is 11.1 Å². The van der Waals surface area contributed by atoms with Gasteiger partial charge in [-0.3, -0.25) is 0 Å². The van der Waals surface area contributed by atoms with Gasteiger partial charge in [0.2, 0.25) is 0 Å². The summed E-state index contributed by atoms with van der Waals surface area (Å²) in [7, 11) is 0. The smallest absolute Gasteiger partial charge is 0.479 e. The van der Waals surface area contributed by atoms with Crippen molar-refractivity contribution < 1.29 is 27.8 Å². The van der Waals surface area contributed by atoms with Crippen LogP contribution in [-0.4, -0.2) is 26.2 Å². The van der Waals surface area contributed by atoms with Crippen LogP contribution < -0.4 is 0 Å². The molecule has 2 heterocycles. The zero-order valence-electron chi connectivity index (χ0n) is 18.6. The molecular weight excluding hydrogens is 445 g/mol. The highest BCUT2D eigenvalue weighted by atomic mass is 35.5. The molecule has 172 valence electrons. The van der Waals surface area contributed by atoms with Crippen LogP contribution in [-0.2, 0) is 15.8 Å². The van der Waals surface area contributed by atoms with Crippen LogP contribution in [0.15, 0.2) is 24.3 Å². The van der Waals surface area contributed by atoms with E-state index in [1.165, 1.54) is 13.8 Å². The molecule has 1 N–H and O–H groups in total. The minimum absolute atomic E-state index is 0.0182. The maximum Gasteiger partial charge on any atom is 0.490 e. The molecule has 2 aromatic heterocycles. The number of halogens is 4. The summed E-state index contributed by atoms with van der Waals surface area (Å²) >= 11 is 6.02. The highest BCUT2D eigenvalue weighted by Crippen LogP contribution is 2.44. The van der Waals surface area contributed by atoms with Crippen molar-refractivity contribution in [1.29, 1.82) is 0 Å². The molecule has 1 atom stereocenters. The molecule has 32 heavy (non-hydrogen) atoms. The SMILES string of the molecule is Cc1nc2c(c(C)c(C)n2C(F)(F)F)c(-c2ccc(Cl)cc2)c1[C@H](OC(C)(C)C)C(=O)O. The fourth-order valence-electron chi connectivity index (χ4n) is 3.86. The lowest BCUT2D eigenvalue weighted by atomic mass is 9.91. The van der Waals surface area contributed by atoms with Gasteiger partial charge in [-0.2, -0.15) is 0 Å². The molecule has 0 aliphatic rings. The van der Waals surface area contributed by atoms with E-state index in [1.54, 1.807) is 52.0 Å². The lowest BCUT2D eigenvalue weighted by molar-refractivity contribution is -0.202. The van der Waals surface area contributed by atoms with E-state index < -0.39 is 24.0 Å². The Morgan fingerprint density at radius 1 is 1.12 bits per heavy atom. The second-order valence-corrected chi connectivity index (χ2v) is 9.09. The standard InChI is InChI=1S/C23H24ClF3N2O3/c1-11-13(3)29(23(25,26)27)20-16(11)18(14-7-9-15(24)10-8-14)17(12(2)28-20)19(21(30)31)32-22(4,5)6/h7-10,19H,1-6H3,(H,30,31)/t19-/m0/s1. The van der Waals surface area contributed by atoms with Gasteiger partial charge in [0.25, 0.3) is 0 Å². The summed E-state index contributed by atoms with van der Waals surface area (Å²) in [5.41, 5.74) is 0.442. The Morgan fingerprint density at radius 3 is 2.16 bits per heavy atom. The van der Waals surface area contributed by atoms with Crippen LogP contribution in [0.1, 0.15) is 49.4 Å². The van der Waals surface area contributed by atoms with E-state index in [0.717, 1.165) is 0 Å². The number of nitrogens with zero attached hydrogens (tertiary/aromatic N) is 2. The van der Waals surface area contributed by atoms with Crippen molar-refractivity contribution in [2.45, 2.75) is 59.5 Å². The van der Waals surface area contributed by atoms with Gasteiger partial charge in [0.05, 0.1) is 5.60 Å². The predicted octanol–water partition coefficient (Wildman–Crippen LogP) is 6.70. The molecule has 5 nitrogen and oxygen atoms in total. The Labute approximate surface area is 188 Å². The van der Waals surface area contributed by atoms with Crippen molar-refractivity contribution in [2.24, 2.45) is 0 Å². The van der Waals surface area contributed by atoms with Gasteiger partial charge in [0.15, 0.2) is 6.10 Å². The fourth-order valence-corrected chi connectivity index (χ4v) is 3.99. The van der Waals surface area contributed by atoms with Gasteiger partial charge in [-0.1, -0.05) is 23.7 Å². The van der Waals surface area contributed by atoms with Crippen LogP contribution >= 0.6 is 11.6 Å². The third kappa shape index (κ3) is 4.34. The number of rotatable bonds is 4. The maximum atomic E-state index is 13.9. The Morgan fingerprint density at radius 2 is 1.69 bits per heavy atom. The minimum atomic E-state index is -4.69. The van der Waals surface area contributed by atoms with E-state index in [2.05, 4.69) is 4.98 Å². The largest absolute Gasteiger partial charge is 0.490 e. The summed E-state index contributed by atoms with van der Waals surface area (Å²) in [4.78, 5) is 16.5. The Bertz CT molecular complexity index is 1190. The molecule has 0 amide bonds. The number of carboxylic acids is 1. The van der Waals surface area contributed by atoms with Crippen molar-refractivity contribution in [1.82, 2.24) is 9.55 Å². The van der Waals surface area contributed by atoms with E-state index in [1.807, 2.05) is 0 Å². The molecular formula is C23H24ClF3N2O3. The summed E-state index contributed by atoms with van der Waals surface area (Å²) in [5.74, 6) is -1.26. The number of benzene rings is 1. The summed E-state index contributed by atoms with van der Waals surface area (Å²) in [6, 6.07) is 6.50. The summed E-state index contributed by atoms with van der Waals surface area (Å²) in [5, 5.41) is 10.7. The predicted molar refractivity (Wildman–Crippen MR) is 117 cm³/mol. The van der Waals surface area contributed by atoms with Gasteiger partial charge in [0, 0.05) is 32.9 Å². The first-order chi connectivity index (χ1) is 14.6. The number of carbonyl (C=O) groups is 1. The molecule has 0 spiro atoms. The molecule has 0 fully saturated rings. The Balaban J connectivity index is 2.54. The molecule has 0 radical (unpaired) electrons. The average Bonchev–Trinajstić information content (AvgIpc) is 2.89. The topological polar surface area (TPSA) is 64.4 Å². The van der Waals surface area contributed by atoms with E-state index in [-0.39, 0.29) is 32.6 Å². The van der Waals surface area contributed by atoms with E-state index in [0.29, 0.717) is 21.7 Å². The van der Waals surface area contributed by atoms with Gasteiger partial charge in [-0.05, 0) is 64.8 Å². The van der Waals surface area contributed by atoms with E-state index >= 15 is 0 Å². The number of hydrogen-bond acceptors (Lipinski definition) is 3. The Hall–Kier alpha value is -2.58. The minimum Gasteiger partial charge on any atom is -0.479 e. The lowest BCUT2D eigenvalue weighted by Crippen LogP contribution is -2.28. The molecule has 0 saturated carbocycles. The number of alkyl halides is 3. The van der Waals surface area contributed by atoms with Crippen LogP contribution in [0.25, 0.3) is 22.2 Å². The quantitative estimate of drug-likeness (QED) is 0.462. The monoisotopic (exact) mass is 468 g/mol. The fraction of sp³-hybridized carbons (Fsp3) is 0.391. The normalized spacial score (nSPS) is 13.6. The number of ether oxygens (including phenoxy) is 1. The van der Waals surface area contributed by atoms with E-state index in [4.69, 9.17) is 16.3 Å². The molecule has 3 rings (SSSR count). The first kappa shape index (κ1) is 24.1. The second kappa shape index (κ2) is 8.08. The molecule has 0 unspecified atom stereocenters. The molecule has 0 saturated heterocycles. The van der Waals surface area contributed by atoms with Gasteiger partial charge < -0.3 is 9.84 Å². The molecule has 0 aliphatic heterocycles. The summed E-state index contributed by atoms with van der Waals surface area (Å²) < 4.78 is 47.8. The van der Waals surface area contributed by atoms with Crippen LogP contribution in [0, 0.1) is 20.8 Å². The van der Waals surface area contributed by atoms with Crippen molar-refractivity contribution >= 4 is 28.6 Å². The number of fused-ring (bicyclic) bond motifs is 1. The third-order valence-electron chi connectivity index (χ3n) is 5.22. The molecule has 9 heteroatoms. The number of aryl methyl sites for hydroxylation is 2. The third-order valence-corrected chi connectivity index (χ3v) is 5.47. The number of pyridine rings is 1. The van der Waals surface area contributed by atoms with Crippen molar-refractivity contribution in [2.75, 3.05) is 0 Å². The second-order valence-electron chi connectivity index (χ2n) is 8.65. The first-order valence-electron chi connectivity index (χ1n) is 9.89. The molecule has 0 bridgehead atoms. The highest BCUT2D eigenvalue weighted by Gasteiger charge is 2.39. The average molecular weight is 469 g/mol. The number of hydrogen-bond donors (Lipinski definition) is 1.